The average molecular weight is 236 g/mol. The van der Waals surface area contributed by atoms with E-state index in [1.165, 1.54) is 11.8 Å². The molecular weight excluding hydrogens is 220 g/mol. The first-order valence-electron chi connectivity index (χ1n) is 5.15. The molecule has 16 heavy (non-hydrogen) atoms. The third-order valence-electron chi connectivity index (χ3n) is 1.87. The van der Waals surface area contributed by atoms with Crippen molar-refractivity contribution < 1.29 is 9.84 Å². The fourth-order valence-electron chi connectivity index (χ4n) is 1.19. The molecule has 0 saturated heterocycles. The minimum Gasteiger partial charge on any atom is -0.451 e. The topological polar surface area (TPSA) is 29.5 Å². The molecule has 1 aromatic carbocycles. The highest BCUT2D eigenvalue weighted by Gasteiger charge is 2.00. The maximum Gasteiger partial charge on any atom is 0.160 e. The van der Waals surface area contributed by atoms with Gasteiger partial charge in [-0.1, -0.05) is 37.4 Å². The number of aliphatic hydroxyl groups is 1. The molecule has 0 bridgehead atoms. The summed E-state index contributed by atoms with van der Waals surface area (Å²) in [7, 11) is 0. The van der Waals surface area contributed by atoms with Gasteiger partial charge in [-0.2, -0.15) is 0 Å². The molecule has 0 spiro atoms. The van der Waals surface area contributed by atoms with E-state index in [0.717, 1.165) is 22.8 Å². The molecule has 0 heterocycles. The van der Waals surface area contributed by atoms with E-state index in [9.17, 15) is 0 Å². The van der Waals surface area contributed by atoms with Gasteiger partial charge in [0, 0.05) is 0 Å². The van der Waals surface area contributed by atoms with Crippen LogP contribution >= 0.6 is 11.8 Å². The highest BCUT2D eigenvalue weighted by molar-refractivity contribution is 8.05. The third kappa shape index (κ3) is 4.13. The second kappa shape index (κ2) is 7.14. The van der Waals surface area contributed by atoms with E-state index in [2.05, 4.69) is 13.5 Å². The first-order chi connectivity index (χ1) is 7.80. The van der Waals surface area contributed by atoms with Gasteiger partial charge in [-0.15, -0.1) is 0 Å². The fraction of sp³-hybridized carbons (Fsp3) is 0.231. The number of rotatable bonds is 6. The van der Waals surface area contributed by atoms with Crippen molar-refractivity contribution in [3.05, 3.63) is 53.0 Å². The highest BCUT2D eigenvalue weighted by atomic mass is 32.2. The van der Waals surface area contributed by atoms with Gasteiger partial charge in [0.15, 0.2) is 5.09 Å². The van der Waals surface area contributed by atoms with E-state index in [-0.39, 0.29) is 6.61 Å². The minimum atomic E-state index is 0.0264. The summed E-state index contributed by atoms with van der Waals surface area (Å²) in [5.74, 6) is 0.737. The SMILES string of the molecule is C=CS/C(=C\CC)Oc1cccc(CO)c1. The van der Waals surface area contributed by atoms with Crippen molar-refractivity contribution in [2.75, 3.05) is 0 Å². The van der Waals surface area contributed by atoms with E-state index in [1.54, 1.807) is 5.41 Å². The summed E-state index contributed by atoms with van der Waals surface area (Å²) in [4.78, 5) is 0. The number of thioether (sulfide) groups is 1. The molecule has 0 aliphatic rings. The Morgan fingerprint density at radius 1 is 1.56 bits per heavy atom. The third-order valence-corrected chi connectivity index (χ3v) is 2.52. The summed E-state index contributed by atoms with van der Waals surface area (Å²) in [5, 5.41) is 11.6. The van der Waals surface area contributed by atoms with Gasteiger partial charge in [0.25, 0.3) is 0 Å². The Morgan fingerprint density at radius 2 is 2.38 bits per heavy atom. The Balaban J connectivity index is 2.76. The zero-order valence-electron chi connectivity index (χ0n) is 9.35. The number of benzene rings is 1. The summed E-state index contributed by atoms with van der Waals surface area (Å²) in [6.45, 7) is 5.74. The van der Waals surface area contributed by atoms with Crippen molar-refractivity contribution in [2.45, 2.75) is 20.0 Å². The van der Waals surface area contributed by atoms with Crippen molar-refractivity contribution >= 4 is 11.8 Å². The molecule has 0 atom stereocenters. The highest BCUT2D eigenvalue weighted by Crippen LogP contribution is 2.23. The minimum absolute atomic E-state index is 0.0264. The van der Waals surface area contributed by atoms with Crippen LogP contribution in [0.5, 0.6) is 5.75 Å². The normalized spacial score (nSPS) is 11.2. The number of allylic oxidation sites excluding steroid dienone is 1. The van der Waals surface area contributed by atoms with Crippen LogP contribution in [0.25, 0.3) is 0 Å². The summed E-state index contributed by atoms with van der Waals surface area (Å²) in [6, 6.07) is 7.42. The van der Waals surface area contributed by atoms with Crippen LogP contribution in [0.2, 0.25) is 0 Å². The smallest absolute Gasteiger partial charge is 0.160 e. The molecule has 0 unspecified atom stereocenters. The Bertz CT molecular complexity index is 372. The van der Waals surface area contributed by atoms with Crippen molar-refractivity contribution in [2.24, 2.45) is 0 Å². The standard InChI is InChI=1S/C13H16O2S/c1-3-6-13(16-4-2)15-12-8-5-7-11(9-12)10-14/h4-9,14H,2-3,10H2,1H3/b13-6-. The van der Waals surface area contributed by atoms with Crippen molar-refractivity contribution in [3.8, 4) is 5.75 Å². The monoisotopic (exact) mass is 236 g/mol. The lowest BCUT2D eigenvalue weighted by Gasteiger charge is -2.08. The van der Waals surface area contributed by atoms with Gasteiger partial charge in [-0.3, -0.25) is 0 Å². The van der Waals surface area contributed by atoms with E-state index < -0.39 is 0 Å². The van der Waals surface area contributed by atoms with Gasteiger partial charge < -0.3 is 9.84 Å². The number of aliphatic hydroxyl groups excluding tert-OH is 1. The van der Waals surface area contributed by atoms with Crippen molar-refractivity contribution in [1.29, 1.82) is 0 Å². The number of ether oxygens (including phenoxy) is 1. The molecule has 0 aliphatic carbocycles. The molecule has 0 amide bonds. The lowest BCUT2D eigenvalue weighted by atomic mass is 10.2. The van der Waals surface area contributed by atoms with Gasteiger partial charge in [0.2, 0.25) is 0 Å². The van der Waals surface area contributed by atoms with E-state index >= 15 is 0 Å². The van der Waals surface area contributed by atoms with Gasteiger partial charge >= 0.3 is 0 Å². The molecule has 1 rings (SSSR count). The molecule has 0 fully saturated rings. The predicted octanol–water partition coefficient (Wildman–Crippen LogP) is 3.69. The van der Waals surface area contributed by atoms with Crippen LogP contribution in [0.1, 0.15) is 18.9 Å². The summed E-state index contributed by atoms with van der Waals surface area (Å²) in [5.41, 5.74) is 0.844. The van der Waals surface area contributed by atoms with Gasteiger partial charge in [0.05, 0.1) is 6.61 Å². The second-order valence-electron chi connectivity index (χ2n) is 3.12. The van der Waals surface area contributed by atoms with Crippen LogP contribution < -0.4 is 4.74 Å². The molecule has 0 radical (unpaired) electrons. The van der Waals surface area contributed by atoms with Crippen LogP contribution in [-0.4, -0.2) is 5.11 Å². The molecule has 0 aromatic heterocycles. The van der Waals surface area contributed by atoms with E-state index in [4.69, 9.17) is 9.84 Å². The lowest BCUT2D eigenvalue weighted by molar-refractivity contribution is 0.281. The van der Waals surface area contributed by atoms with Gasteiger partial charge in [-0.25, -0.2) is 0 Å². The lowest BCUT2D eigenvalue weighted by Crippen LogP contribution is -1.92. The van der Waals surface area contributed by atoms with Gasteiger partial charge in [-0.05, 0) is 35.6 Å². The molecule has 3 heteroatoms. The Morgan fingerprint density at radius 3 is 3.00 bits per heavy atom. The van der Waals surface area contributed by atoms with Crippen LogP contribution in [0.3, 0.4) is 0 Å². The van der Waals surface area contributed by atoms with Crippen molar-refractivity contribution in [1.82, 2.24) is 0 Å². The first-order valence-corrected chi connectivity index (χ1v) is 6.03. The summed E-state index contributed by atoms with van der Waals surface area (Å²) in [6.07, 6.45) is 2.91. The molecule has 1 N–H and O–H groups in total. The largest absolute Gasteiger partial charge is 0.451 e. The number of hydrogen-bond donors (Lipinski definition) is 1. The van der Waals surface area contributed by atoms with Gasteiger partial charge in [0.1, 0.15) is 5.75 Å². The quantitative estimate of drug-likeness (QED) is 0.764. The van der Waals surface area contributed by atoms with Crippen LogP contribution in [0.4, 0.5) is 0 Å². The Hall–Kier alpha value is -1.19. The zero-order valence-corrected chi connectivity index (χ0v) is 10.2. The average Bonchev–Trinajstić information content (AvgIpc) is 2.30. The zero-order chi connectivity index (χ0) is 11.8. The van der Waals surface area contributed by atoms with Crippen molar-refractivity contribution in [3.63, 3.8) is 0 Å². The summed E-state index contributed by atoms with van der Waals surface area (Å²) < 4.78 is 5.68. The molecule has 1 aromatic rings. The van der Waals surface area contributed by atoms with Crippen LogP contribution in [-0.2, 0) is 6.61 Å². The number of hydrogen-bond acceptors (Lipinski definition) is 3. The molecular formula is C13H16O2S. The molecule has 86 valence electrons. The Kier molecular flexibility index (Phi) is 5.75. The maximum absolute atomic E-state index is 9.01. The maximum atomic E-state index is 9.01. The first kappa shape index (κ1) is 12.9. The predicted molar refractivity (Wildman–Crippen MR) is 69.2 cm³/mol. The van der Waals surface area contributed by atoms with E-state index in [1.807, 2.05) is 30.3 Å². The fourth-order valence-corrected chi connectivity index (χ4v) is 1.76. The Labute approximate surface area is 101 Å². The molecule has 0 aliphatic heterocycles. The second-order valence-corrected chi connectivity index (χ2v) is 4.09. The van der Waals surface area contributed by atoms with E-state index in [0.29, 0.717) is 0 Å². The summed E-state index contributed by atoms with van der Waals surface area (Å²) >= 11 is 1.45. The van der Waals surface area contributed by atoms with Crippen LogP contribution in [0, 0.1) is 0 Å². The molecule has 2 nitrogen and oxygen atoms in total. The van der Waals surface area contributed by atoms with Crippen LogP contribution in [0.15, 0.2) is 47.4 Å². The molecule has 0 saturated carbocycles.